The quantitative estimate of drug-likeness (QED) is 0.816. The summed E-state index contributed by atoms with van der Waals surface area (Å²) in [4.78, 5) is 0. The van der Waals surface area contributed by atoms with Gasteiger partial charge in [0.05, 0.1) is 5.92 Å². The summed E-state index contributed by atoms with van der Waals surface area (Å²) >= 11 is 0. The van der Waals surface area contributed by atoms with E-state index >= 15 is 0 Å². The van der Waals surface area contributed by atoms with Crippen LogP contribution >= 0.6 is 0 Å². The fourth-order valence-corrected chi connectivity index (χ4v) is 2.95. The molecule has 2 N–H and O–H groups in total. The van der Waals surface area contributed by atoms with Crippen LogP contribution in [0.1, 0.15) is 44.2 Å². The summed E-state index contributed by atoms with van der Waals surface area (Å²) in [6.07, 6.45) is -2.79. The number of hydrogen-bond donors (Lipinski definition) is 2. The van der Waals surface area contributed by atoms with Crippen LogP contribution in [0.3, 0.4) is 0 Å². The van der Waals surface area contributed by atoms with Gasteiger partial charge in [-0.1, -0.05) is 6.42 Å². The predicted octanol–water partition coefficient (Wildman–Crippen LogP) is 4.30. The van der Waals surface area contributed by atoms with Gasteiger partial charge in [0.2, 0.25) is 0 Å². The Labute approximate surface area is 121 Å². The third-order valence-electron chi connectivity index (χ3n) is 4.08. The molecule has 0 aliphatic heterocycles. The van der Waals surface area contributed by atoms with E-state index in [1.54, 1.807) is 6.92 Å². The molecule has 0 spiro atoms. The molecule has 1 saturated carbocycles. The fourth-order valence-electron chi connectivity index (χ4n) is 2.95. The Morgan fingerprint density at radius 2 is 2.00 bits per heavy atom. The van der Waals surface area contributed by atoms with Gasteiger partial charge >= 0.3 is 6.18 Å². The smallest absolute Gasteiger partial charge is 0.391 e. The summed E-state index contributed by atoms with van der Waals surface area (Å²) in [5, 5.41) is 12.8. The van der Waals surface area contributed by atoms with E-state index in [1.165, 1.54) is 12.1 Å². The van der Waals surface area contributed by atoms with Gasteiger partial charge in [0, 0.05) is 17.6 Å². The molecule has 6 heteroatoms. The van der Waals surface area contributed by atoms with Gasteiger partial charge in [-0.3, -0.25) is 0 Å². The van der Waals surface area contributed by atoms with Crippen molar-refractivity contribution in [2.75, 3.05) is 0 Å². The maximum absolute atomic E-state index is 13.2. The van der Waals surface area contributed by atoms with Crippen LogP contribution in [0, 0.1) is 11.7 Å². The van der Waals surface area contributed by atoms with Crippen LogP contribution < -0.4 is 5.32 Å². The van der Waals surface area contributed by atoms with Crippen LogP contribution in [0.15, 0.2) is 18.2 Å². The number of benzene rings is 1. The Morgan fingerprint density at radius 1 is 1.29 bits per heavy atom. The maximum Gasteiger partial charge on any atom is 0.391 e. The lowest BCUT2D eigenvalue weighted by Gasteiger charge is -2.33. The summed E-state index contributed by atoms with van der Waals surface area (Å²) in [5.41, 5.74) is 0.365. The van der Waals surface area contributed by atoms with E-state index in [1.807, 2.05) is 0 Å². The van der Waals surface area contributed by atoms with Crippen LogP contribution in [-0.2, 0) is 0 Å². The minimum absolute atomic E-state index is 0.0317. The number of hydrogen-bond acceptors (Lipinski definition) is 2. The SMILES string of the molecule is CC(NC1CCCC(C(F)(F)F)C1)c1cc(F)ccc1O. The zero-order chi connectivity index (χ0) is 15.6. The third kappa shape index (κ3) is 4.09. The number of aromatic hydroxyl groups is 1. The van der Waals surface area contributed by atoms with Crippen LogP contribution in [0.25, 0.3) is 0 Å². The van der Waals surface area contributed by atoms with Gasteiger partial charge < -0.3 is 10.4 Å². The van der Waals surface area contributed by atoms with E-state index in [9.17, 15) is 22.7 Å². The average molecular weight is 305 g/mol. The summed E-state index contributed by atoms with van der Waals surface area (Å²) in [5.74, 6) is -1.81. The molecule has 1 aliphatic rings. The summed E-state index contributed by atoms with van der Waals surface area (Å²) in [6.45, 7) is 1.71. The second kappa shape index (κ2) is 6.22. The Kier molecular flexibility index (Phi) is 4.76. The molecule has 1 aromatic rings. The first-order chi connectivity index (χ1) is 9.77. The summed E-state index contributed by atoms with van der Waals surface area (Å²) in [6, 6.07) is 2.92. The van der Waals surface area contributed by atoms with Crippen molar-refractivity contribution in [3.8, 4) is 5.75 Å². The lowest BCUT2D eigenvalue weighted by Crippen LogP contribution is -2.39. The second-order valence-corrected chi connectivity index (χ2v) is 5.69. The van der Waals surface area contributed by atoms with Crippen molar-refractivity contribution in [1.82, 2.24) is 5.32 Å². The van der Waals surface area contributed by atoms with Crippen molar-refractivity contribution in [2.45, 2.75) is 50.9 Å². The van der Waals surface area contributed by atoms with Gasteiger partial charge in [-0.2, -0.15) is 13.2 Å². The van der Waals surface area contributed by atoms with Gasteiger partial charge in [0.1, 0.15) is 11.6 Å². The van der Waals surface area contributed by atoms with Gasteiger partial charge in [-0.15, -0.1) is 0 Å². The first-order valence-corrected chi connectivity index (χ1v) is 7.08. The molecule has 3 unspecified atom stereocenters. The minimum Gasteiger partial charge on any atom is -0.508 e. The second-order valence-electron chi connectivity index (χ2n) is 5.69. The first kappa shape index (κ1) is 16.1. The maximum atomic E-state index is 13.2. The number of halogens is 4. The molecular formula is C15H19F4NO. The molecule has 21 heavy (non-hydrogen) atoms. The van der Waals surface area contributed by atoms with Gasteiger partial charge in [-0.25, -0.2) is 4.39 Å². The van der Waals surface area contributed by atoms with Gasteiger partial charge in [0.15, 0.2) is 0 Å². The highest BCUT2D eigenvalue weighted by molar-refractivity contribution is 5.34. The Hall–Kier alpha value is -1.30. The molecule has 1 aromatic carbocycles. The Balaban J connectivity index is 2.02. The molecule has 3 atom stereocenters. The molecule has 0 bridgehead atoms. The fraction of sp³-hybridized carbons (Fsp3) is 0.600. The van der Waals surface area contributed by atoms with E-state index in [0.29, 0.717) is 18.4 Å². The highest BCUT2D eigenvalue weighted by atomic mass is 19.4. The molecule has 0 aromatic heterocycles. The monoisotopic (exact) mass is 305 g/mol. The number of rotatable bonds is 3. The number of alkyl halides is 3. The normalized spacial score (nSPS) is 24.8. The van der Waals surface area contributed by atoms with Crippen molar-refractivity contribution in [1.29, 1.82) is 0 Å². The molecule has 2 nitrogen and oxygen atoms in total. The number of phenols is 1. The van der Waals surface area contributed by atoms with Crippen molar-refractivity contribution in [3.05, 3.63) is 29.6 Å². The molecular weight excluding hydrogens is 286 g/mol. The van der Waals surface area contributed by atoms with E-state index in [-0.39, 0.29) is 24.6 Å². The number of phenolic OH excluding ortho intramolecular Hbond substituents is 1. The van der Waals surface area contributed by atoms with E-state index in [0.717, 1.165) is 6.07 Å². The molecule has 2 rings (SSSR count). The summed E-state index contributed by atoms with van der Waals surface area (Å²) in [7, 11) is 0. The molecule has 0 radical (unpaired) electrons. The largest absolute Gasteiger partial charge is 0.508 e. The number of nitrogens with one attached hydrogen (secondary N) is 1. The third-order valence-corrected chi connectivity index (χ3v) is 4.08. The van der Waals surface area contributed by atoms with E-state index in [4.69, 9.17) is 0 Å². The van der Waals surface area contributed by atoms with Crippen molar-refractivity contribution >= 4 is 0 Å². The van der Waals surface area contributed by atoms with E-state index < -0.39 is 24.0 Å². The van der Waals surface area contributed by atoms with E-state index in [2.05, 4.69) is 5.32 Å². The minimum atomic E-state index is -4.16. The topological polar surface area (TPSA) is 32.3 Å². The van der Waals surface area contributed by atoms with Gasteiger partial charge in [0.25, 0.3) is 0 Å². The molecule has 0 heterocycles. The lowest BCUT2D eigenvalue weighted by molar-refractivity contribution is -0.183. The Bertz CT molecular complexity index is 489. The molecule has 0 amide bonds. The van der Waals surface area contributed by atoms with Gasteiger partial charge in [-0.05, 0) is 44.4 Å². The lowest BCUT2D eigenvalue weighted by atomic mass is 9.84. The van der Waals surface area contributed by atoms with Crippen molar-refractivity contribution < 1.29 is 22.7 Å². The molecule has 1 fully saturated rings. The predicted molar refractivity (Wildman–Crippen MR) is 71.4 cm³/mol. The zero-order valence-corrected chi connectivity index (χ0v) is 11.8. The zero-order valence-electron chi connectivity index (χ0n) is 11.8. The standard InChI is InChI=1S/C15H19F4NO/c1-9(13-8-11(16)5-6-14(13)21)20-12-4-2-3-10(7-12)15(17,18)19/h5-6,8-10,12,20-21H,2-4,7H2,1H3. The van der Waals surface area contributed by atoms with Crippen molar-refractivity contribution in [2.24, 2.45) is 5.92 Å². The Morgan fingerprint density at radius 3 is 2.67 bits per heavy atom. The molecule has 118 valence electrons. The molecule has 0 saturated heterocycles. The van der Waals surface area contributed by atoms with Crippen molar-refractivity contribution in [3.63, 3.8) is 0 Å². The average Bonchev–Trinajstić information content (AvgIpc) is 2.41. The van der Waals surface area contributed by atoms with Crippen LogP contribution in [0.5, 0.6) is 5.75 Å². The molecule has 1 aliphatic carbocycles. The van der Waals surface area contributed by atoms with Crippen LogP contribution in [-0.4, -0.2) is 17.3 Å². The first-order valence-electron chi connectivity index (χ1n) is 7.08. The summed E-state index contributed by atoms with van der Waals surface area (Å²) < 4.78 is 51.5. The van der Waals surface area contributed by atoms with Crippen LogP contribution in [0.2, 0.25) is 0 Å². The highest BCUT2D eigenvalue weighted by Crippen LogP contribution is 2.38. The highest BCUT2D eigenvalue weighted by Gasteiger charge is 2.42. The van der Waals surface area contributed by atoms with Crippen LogP contribution in [0.4, 0.5) is 17.6 Å².